The van der Waals surface area contributed by atoms with E-state index in [9.17, 15) is 4.79 Å². The van der Waals surface area contributed by atoms with Gasteiger partial charge in [-0.25, -0.2) is 9.67 Å². The summed E-state index contributed by atoms with van der Waals surface area (Å²) in [6, 6.07) is 16.8. The molecular formula is C18H14N6O. The van der Waals surface area contributed by atoms with Crippen molar-refractivity contribution in [1.82, 2.24) is 25.2 Å². The number of nitrogens with one attached hydrogen (secondary N) is 1. The van der Waals surface area contributed by atoms with Crippen molar-refractivity contribution >= 4 is 22.6 Å². The van der Waals surface area contributed by atoms with Crippen LogP contribution in [-0.2, 0) is 0 Å². The Morgan fingerprint density at radius 2 is 1.96 bits per heavy atom. The maximum Gasteiger partial charge on any atom is 0.256 e. The van der Waals surface area contributed by atoms with Gasteiger partial charge in [-0.1, -0.05) is 18.2 Å². The first-order chi connectivity index (χ1) is 12.2. The van der Waals surface area contributed by atoms with E-state index in [1.807, 2.05) is 43.3 Å². The van der Waals surface area contributed by atoms with Crippen molar-refractivity contribution in [2.45, 2.75) is 6.92 Å². The summed E-state index contributed by atoms with van der Waals surface area (Å²) in [5.74, 6) is 0.306. The molecule has 2 heterocycles. The second-order valence-corrected chi connectivity index (χ2v) is 5.60. The van der Waals surface area contributed by atoms with Gasteiger partial charge in [-0.3, -0.25) is 4.79 Å². The summed E-state index contributed by atoms with van der Waals surface area (Å²) in [5.41, 5.74) is 3.10. The highest BCUT2D eigenvalue weighted by Gasteiger charge is 2.10. The zero-order valence-electron chi connectivity index (χ0n) is 13.4. The molecule has 1 amide bonds. The number of aromatic nitrogens is 5. The Kier molecular flexibility index (Phi) is 3.66. The van der Waals surface area contributed by atoms with Gasteiger partial charge in [0.25, 0.3) is 5.91 Å². The normalized spacial score (nSPS) is 10.8. The van der Waals surface area contributed by atoms with Gasteiger partial charge in [0.15, 0.2) is 0 Å². The largest absolute Gasteiger partial charge is 0.307 e. The molecule has 7 nitrogen and oxygen atoms in total. The summed E-state index contributed by atoms with van der Waals surface area (Å²) in [4.78, 5) is 17.0. The average Bonchev–Trinajstić information content (AvgIpc) is 3.16. The predicted molar refractivity (Wildman–Crippen MR) is 93.6 cm³/mol. The standard InChI is InChI=1S/C18H14N6O/c1-12-10-14(6-8-16(12)24-11-19-22-23-24)18(25)21-17-9-7-13-4-2-3-5-15(13)20-17/h2-11H,1H3,(H,20,21,25). The first-order valence-corrected chi connectivity index (χ1v) is 7.72. The van der Waals surface area contributed by atoms with Crippen molar-refractivity contribution in [3.63, 3.8) is 0 Å². The number of pyridine rings is 1. The molecule has 0 unspecified atom stereocenters. The molecule has 0 fully saturated rings. The van der Waals surface area contributed by atoms with Crippen LogP contribution >= 0.6 is 0 Å². The van der Waals surface area contributed by atoms with Crippen LogP contribution in [0.2, 0.25) is 0 Å². The van der Waals surface area contributed by atoms with E-state index in [1.165, 1.54) is 6.33 Å². The quantitative estimate of drug-likeness (QED) is 0.624. The summed E-state index contributed by atoms with van der Waals surface area (Å²) in [6.07, 6.45) is 1.51. The van der Waals surface area contributed by atoms with Gasteiger partial charge in [-0.05, 0) is 59.3 Å². The highest BCUT2D eigenvalue weighted by Crippen LogP contribution is 2.17. The third-order valence-electron chi connectivity index (χ3n) is 3.89. The van der Waals surface area contributed by atoms with Gasteiger partial charge in [-0.15, -0.1) is 5.10 Å². The third-order valence-corrected chi connectivity index (χ3v) is 3.89. The second kappa shape index (κ2) is 6.12. The fourth-order valence-corrected chi connectivity index (χ4v) is 2.65. The SMILES string of the molecule is Cc1cc(C(=O)Nc2ccc3ccccc3n2)ccc1-n1cnnn1. The molecule has 7 heteroatoms. The molecule has 0 radical (unpaired) electrons. The van der Waals surface area contributed by atoms with E-state index < -0.39 is 0 Å². The van der Waals surface area contributed by atoms with Crippen LogP contribution in [0, 0.1) is 6.92 Å². The molecule has 0 saturated carbocycles. The summed E-state index contributed by atoms with van der Waals surface area (Å²) < 4.78 is 1.56. The van der Waals surface area contributed by atoms with E-state index in [-0.39, 0.29) is 5.91 Å². The van der Waals surface area contributed by atoms with Gasteiger partial charge >= 0.3 is 0 Å². The lowest BCUT2D eigenvalue weighted by Gasteiger charge is -2.09. The van der Waals surface area contributed by atoms with Crippen molar-refractivity contribution in [2.24, 2.45) is 0 Å². The Morgan fingerprint density at radius 3 is 2.76 bits per heavy atom. The van der Waals surface area contributed by atoms with Gasteiger partial charge in [0, 0.05) is 10.9 Å². The molecule has 1 N–H and O–H groups in total. The fourth-order valence-electron chi connectivity index (χ4n) is 2.65. The second-order valence-electron chi connectivity index (χ2n) is 5.60. The van der Waals surface area contributed by atoms with Crippen LogP contribution in [0.1, 0.15) is 15.9 Å². The molecule has 0 spiro atoms. The van der Waals surface area contributed by atoms with E-state index in [0.717, 1.165) is 22.2 Å². The van der Waals surface area contributed by atoms with Crippen LogP contribution in [0.25, 0.3) is 16.6 Å². The zero-order chi connectivity index (χ0) is 17.2. The molecule has 0 aliphatic rings. The Bertz CT molecular complexity index is 1060. The molecule has 0 saturated heterocycles. The number of hydrogen-bond donors (Lipinski definition) is 1. The van der Waals surface area contributed by atoms with Crippen molar-refractivity contribution in [3.8, 4) is 5.69 Å². The monoisotopic (exact) mass is 330 g/mol. The summed E-state index contributed by atoms with van der Waals surface area (Å²) in [5, 5.41) is 15.0. The number of amides is 1. The summed E-state index contributed by atoms with van der Waals surface area (Å²) in [6.45, 7) is 1.90. The number of rotatable bonds is 3. The van der Waals surface area contributed by atoms with E-state index in [4.69, 9.17) is 0 Å². The van der Waals surface area contributed by atoms with Crippen molar-refractivity contribution in [3.05, 3.63) is 72.1 Å². The minimum absolute atomic E-state index is 0.214. The van der Waals surface area contributed by atoms with Gasteiger partial charge in [0.2, 0.25) is 0 Å². The Hall–Kier alpha value is -3.61. The number of fused-ring (bicyclic) bond motifs is 1. The molecule has 122 valence electrons. The van der Waals surface area contributed by atoms with Crippen molar-refractivity contribution in [2.75, 3.05) is 5.32 Å². The summed E-state index contributed by atoms with van der Waals surface area (Å²) in [7, 11) is 0. The van der Waals surface area contributed by atoms with Crippen LogP contribution in [-0.4, -0.2) is 31.1 Å². The van der Waals surface area contributed by atoms with E-state index in [1.54, 1.807) is 22.9 Å². The molecule has 0 bridgehead atoms. The molecular weight excluding hydrogens is 316 g/mol. The zero-order valence-corrected chi connectivity index (χ0v) is 13.4. The van der Waals surface area contributed by atoms with Gasteiger partial charge in [0.1, 0.15) is 12.1 Å². The first-order valence-electron chi connectivity index (χ1n) is 7.72. The lowest BCUT2D eigenvalue weighted by Crippen LogP contribution is -2.13. The van der Waals surface area contributed by atoms with Crippen molar-refractivity contribution < 1.29 is 4.79 Å². The molecule has 4 rings (SSSR count). The lowest BCUT2D eigenvalue weighted by atomic mass is 10.1. The highest BCUT2D eigenvalue weighted by atomic mass is 16.1. The number of aryl methyl sites for hydroxylation is 1. The number of tetrazole rings is 1. The Balaban J connectivity index is 1.59. The van der Waals surface area contributed by atoms with E-state index in [2.05, 4.69) is 25.8 Å². The van der Waals surface area contributed by atoms with Crippen LogP contribution < -0.4 is 5.32 Å². The Labute approximate surface area is 143 Å². The number of hydrogen-bond acceptors (Lipinski definition) is 5. The highest BCUT2D eigenvalue weighted by molar-refractivity contribution is 6.04. The number of anilines is 1. The molecule has 4 aromatic rings. The first kappa shape index (κ1) is 14.9. The van der Waals surface area contributed by atoms with Crippen molar-refractivity contribution in [1.29, 1.82) is 0 Å². The van der Waals surface area contributed by atoms with Gasteiger partial charge in [0.05, 0.1) is 11.2 Å². The number of nitrogens with zero attached hydrogens (tertiary/aromatic N) is 5. The number of carbonyl (C=O) groups is 1. The van der Waals surface area contributed by atoms with Gasteiger partial charge in [-0.2, -0.15) is 0 Å². The maximum atomic E-state index is 12.5. The molecule has 0 atom stereocenters. The third kappa shape index (κ3) is 2.94. The van der Waals surface area contributed by atoms with Gasteiger partial charge < -0.3 is 5.32 Å². The molecule has 2 aromatic heterocycles. The molecule has 2 aromatic carbocycles. The topological polar surface area (TPSA) is 85.6 Å². The molecule has 0 aliphatic heterocycles. The fraction of sp³-hybridized carbons (Fsp3) is 0.0556. The average molecular weight is 330 g/mol. The van der Waals surface area contributed by atoms with Crippen LogP contribution in [0.4, 0.5) is 5.82 Å². The van der Waals surface area contributed by atoms with Crippen LogP contribution in [0.15, 0.2) is 60.9 Å². The number of para-hydroxylation sites is 1. The van der Waals surface area contributed by atoms with Crippen LogP contribution in [0.5, 0.6) is 0 Å². The molecule has 0 aliphatic carbocycles. The maximum absolute atomic E-state index is 12.5. The predicted octanol–water partition coefficient (Wildman–Crippen LogP) is 2.77. The summed E-state index contributed by atoms with van der Waals surface area (Å²) >= 11 is 0. The molecule has 25 heavy (non-hydrogen) atoms. The Morgan fingerprint density at radius 1 is 1.08 bits per heavy atom. The van der Waals surface area contributed by atoms with E-state index in [0.29, 0.717) is 11.4 Å². The number of benzene rings is 2. The minimum atomic E-state index is -0.214. The van der Waals surface area contributed by atoms with Crippen LogP contribution in [0.3, 0.4) is 0 Å². The lowest BCUT2D eigenvalue weighted by molar-refractivity contribution is 0.102. The van der Waals surface area contributed by atoms with E-state index >= 15 is 0 Å². The smallest absolute Gasteiger partial charge is 0.256 e. The number of carbonyl (C=O) groups excluding carboxylic acids is 1. The minimum Gasteiger partial charge on any atom is -0.307 e.